The van der Waals surface area contributed by atoms with Crippen molar-refractivity contribution in [3.63, 3.8) is 0 Å². The summed E-state index contributed by atoms with van der Waals surface area (Å²) in [5.74, 6) is 0.0819. The van der Waals surface area contributed by atoms with Gasteiger partial charge in [-0.1, -0.05) is 42.1 Å². The molecule has 7 heteroatoms. The fraction of sp³-hybridized carbons (Fsp3) is 0.333. The number of hydrazine groups is 2. The fourth-order valence-corrected chi connectivity index (χ4v) is 3.78. The molecule has 0 bridgehead atoms. The summed E-state index contributed by atoms with van der Waals surface area (Å²) in [6.45, 7) is 0.692. The van der Waals surface area contributed by atoms with E-state index in [2.05, 4.69) is 33.5 Å². The summed E-state index contributed by atoms with van der Waals surface area (Å²) < 4.78 is 0. The minimum absolute atomic E-state index is 0.0819. The number of carbonyl (C=O) groups excluding carboxylic acids is 1. The van der Waals surface area contributed by atoms with Crippen LogP contribution in [-0.4, -0.2) is 34.7 Å². The second kappa shape index (κ2) is 4.31. The van der Waals surface area contributed by atoms with E-state index in [1.807, 2.05) is 18.2 Å². The maximum atomic E-state index is 12.4. The lowest BCUT2D eigenvalue weighted by Gasteiger charge is -2.26. The van der Waals surface area contributed by atoms with Crippen molar-refractivity contribution in [1.29, 1.82) is 0 Å². The van der Waals surface area contributed by atoms with E-state index < -0.39 is 0 Å². The molecule has 3 aliphatic heterocycles. The van der Waals surface area contributed by atoms with Crippen LogP contribution in [0.3, 0.4) is 0 Å². The molecule has 0 aliphatic carbocycles. The van der Waals surface area contributed by atoms with Crippen LogP contribution in [0.5, 0.6) is 0 Å². The Balaban J connectivity index is 1.63. The Kier molecular flexibility index (Phi) is 2.59. The molecule has 6 nitrogen and oxygen atoms in total. The Morgan fingerprint density at radius 3 is 2.95 bits per heavy atom. The smallest absolute Gasteiger partial charge is 0.250 e. The van der Waals surface area contributed by atoms with E-state index in [1.54, 1.807) is 16.7 Å². The summed E-state index contributed by atoms with van der Waals surface area (Å²) in [6.07, 6.45) is -0.208. The van der Waals surface area contributed by atoms with Gasteiger partial charge in [-0.2, -0.15) is 5.53 Å². The van der Waals surface area contributed by atoms with E-state index in [0.29, 0.717) is 6.54 Å². The Morgan fingerprint density at radius 1 is 1.26 bits per heavy atom. The van der Waals surface area contributed by atoms with Gasteiger partial charge in [0.1, 0.15) is 12.2 Å². The molecule has 3 N–H and O–H groups in total. The zero-order chi connectivity index (χ0) is 12.8. The molecule has 0 saturated carbocycles. The van der Waals surface area contributed by atoms with Crippen LogP contribution in [0.15, 0.2) is 35.3 Å². The van der Waals surface area contributed by atoms with Crippen LogP contribution in [0.1, 0.15) is 10.8 Å². The highest BCUT2D eigenvalue weighted by Crippen LogP contribution is 2.40. The topological polar surface area (TPSA) is 68.8 Å². The quantitative estimate of drug-likeness (QED) is 0.672. The highest BCUT2D eigenvalue weighted by atomic mass is 32.2. The Labute approximate surface area is 114 Å². The molecule has 0 spiro atoms. The Morgan fingerprint density at radius 2 is 2.11 bits per heavy atom. The molecule has 3 atom stereocenters. The monoisotopic (exact) mass is 275 g/mol. The molecular weight excluding hydrogens is 262 g/mol. The predicted octanol–water partition coefficient (Wildman–Crippen LogP) is -0.0202. The first-order valence-electron chi connectivity index (χ1n) is 6.20. The molecule has 2 saturated heterocycles. The standard InChI is InChI=1S/C12H13N5OS/c18-11-9-10(15-16-14-9)13-12-17(11)6-8(19-12)7-4-2-1-3-5-7/h1-5,8-10,14-16H,6H2. The van der Waals surface area contributed by atoms with Crippen LogP contribution in [-0.2, 0) is 4.79 Å². The molecule has 0 radical (unpaired) electrons. The molecule has 2 fully saturated rings. The number of hydrogen-bond acceptors (Lipinski definition) is 6. The first-order chi connectivity index (χ1) is 9.33. The molecule has 1 amide bonds. The van der Waals surface area contributed by atoms with Gasteiger partial charge in [-0.25, -0.2) is 15.8 Å². The summed E-state index contributed by atoms with van der Waals surface area (Å²) in [5, 5.41) is 1.09. The molecule has 0 aromatic heterocycles. The largest absolute Gasteiger partial charge is 0.289 e. The molecule has 4 rings (SSSR count). The van der Waals surface area contributed by atoms with Crippen molar-refractivity contribution >= 4 is 22.8 Å². The Hall–Kier alpha value is -1.41. The average Bonchev–Trinajstić information content (AvgIpc) is 3.06. The lowest BCUT2D eigenvalue weighted by atomic mass is 10.1. The van der Waals surface area contributed by atoms with E-state index in [4.69, 9.17) is 0 Å². The molecule has 1 aromatic rings. The van der Waals surface area contributed by atoms with Crippen LogP contribution < -0.4 is 16.4 Å². The van der Waals surface area contributed by atoms with Crippen LogP contribution in [0, 0.1) is 0 Å². The number of amides is 1. The number of benzene rings is 1. The van der Waals surface area contributed by atoms with Crippen molar-refractivity contribution < 1.29 is 4.79 Å². The number of fused-ring (bicyclic) bond motifs is 2. The first-order valence-corrected chi connectivity index (χ1v) is 7.08. The number of carbonyl (C=O) groups is 1. The van der Waals surface area contributed by atoms with Gasteiger partial charge in [0.05, 0.1) is 5.25 Å². The van der Waals surface area contributed by atoms with E-state index in [9.17, 15) is 4.79 Å². The fourth-order valence-electron chi connectivity index (χ4n) is 2.54. The SMILES string of the molecule is O=C1C2NNNC2N=C2SC(c3ccccc3)CN12. The molecule has 3 unspecified atom stereocenters. The van der Waals surface area contributed by atoms with E-state index >= 15 is 0 Å². The average molecular weight is 275 g/mol. The lowest BCUT2D eigenvalue weighted by molar-refractivity contribution is -0.129. The van der Waals surface area contributed by atoms with Crippen molar-refractivity contribution in [2.75, 3.05) is 6.54 Å². The third-order valence-electron chi connectivity index (χ3n) is 3.54. The second-order valence-electron chi connectivity index (χ2n) is 4.71. The number of nitrogens with zero attached hydrogens (tertiary/aromatic N) is 2. The van der Waals surface area contributed by atoms with Crippen LogP contribution >= 0.6 is 11.8 Å². The van der Waals surface area contributed by atoms with Gasteiger partial charge in [-0.05, 0) is 5.56 Å². The molecule has 19 heavy (non-hydrogen) atoms. The van der Waals surface area contributed by atoms with Crippen LogP contribution in [0.2, 0.25) is 0 Å². The van der Waals surface area contributed by atoms with E-state index in [0.717, 1.165) is 5.17 Å². The van der Waals surface area contributed by atoms with Crippen molar-refractivity contribution in [1.82, 2.24) is 21.3 Å². The van der Waals surface area contributed by atoms with Crippen molar-refractivity contribution in [3.05, 3.63) is 35.9 Å². The maximum absolute atomic E-state index is 12.4. The normalized spacial score (nSPS) is 33.1. The highest BCUT2D eigenvalue weighted by molar-refractivity contribution is 8.14. The Bertz CT molecular complexity index is 548. The van der Waals surface area contributed by atoms with Crippen molar-refractivity contribution in [2.45, 2.75) is 17.5 Å². The van der Waals surface area contributed by atoms with Gasteiger partial charge >= 0.3 is 0 Å². The third kappa shape index (κ3) is 1.78. The summed E-state index contributed by atoms with van der Waals surface area (Å²) in [4.78, 5) is 18.7. The van der Waals surface area contributed by atoms with Gasteiger partial charge in [-0.15, -0.1) is 0 Å². The van der Waals surface area contributed by atoms with Gasteiger partial charge in [0, 0.05) is 6.54 Å². The number of amidine groups is 1. The number of nitrogens with one attached hydrogen (secondary N) is 3. The van der Waals surface area contributed by atoms with E-state index in [-0.39, 0.29) is 23.4 Å². The van der Waals surface area contributed by atoms with Gasteiger partial charge < -0.3 is 0 Å². The maximum Gasteiger partial charge on any atom is 0.250 e. The van der Waals surface area contributed by atoms with Crippen LogP contribution in [0.25, 0.3) is 0 Å². The molecule has 3 heterocycles. The molecule has 98 valence electrons. The van der Waals surface area contributed by atoms with Gasteiger partial charge in [0.2, 0.25) is 0 Å². The summed E-state index contributed by atoms with van der Waals surface area (Å²) in [6, 6.07) is 9.94. The summed E-state index contributed by atoms with van der Waals surface area (Å²) >= 11 is 1.66. The molecule has 3 aliphatic rings. The number of aliphatic imine (C=N–C) groups is 1. The third-order valence-corrected chi connectivity index (χ3v) is 4.79. The van der Waals surface area contributed by atoms with Crippen molar-refractivity contribution in [3.8, 4) is 0 Å². The van der Waals surface area contributed by atoms with Gasteiger partial charge in [0.25, 0.3) is 5.91 Å². The molecule has 1 aromatic carbocycles. The zero-order valence-corrected chi connectivity index (χ0v) is 10.9. The number of hydrogen-bond donors (Lipinski definition) is 3. The lowest BCUT2D eigenvalue weighted by Crippen LogP contribution is -2.53. The predicted molar refractivity (Wildman–Crippen MR) is 72.9 cm³/mol. The van der Waals surface area contributed by atoms with Gasteiger partial charge in [-0.3, -0.25) is 9.69 Å². The van der Waals surface area contributed by atoms with E-state index in [1.165, 1.54) is 5.56 Å². The van der Waals surface area contributed by atoms with Gasteiger partial charge in [0.15, 0.2) is 5.17 Å². The zero-order valence-electron chi connectivity index (χ0n) is 10.0. The summed E-state index contributed by atoms with van der Waals surface area (Å²) in [7, 11) is 0. The minimum Gasteiger partial charge on any atom is -0.289 e. The second-order valence-corrected chi connectivity index (χ2v) is 5.88. The number of thioether (sulfide) groups is 1. The summed E-state index contributed by atoms with van der Waals surface area (Å²) in [5.41, 5.74) is 9.85. The molecular formula is C12H13N5OS. The highest BCUT2D eigenvalue weighted by Gasteiger charge is 2.45. The number of rotatable bonds is 1. The minimum atomic E-state index is -0.307. The first kappa shape index (κ1) is 11.4. The van der Waals surface area contributed by atoms with Crippen molar-refractivity contribution in [2.24, 2.45) is 4.99 Å². The van der Waals surface area contributed by atoms with Crippen LogP contribution in [0.4, 0.5) is 0 Å².